The van der Waals surface area contributed by atoms with Crippen molar-refractivity contribution >= 4 is 23.7 Å². The number of anilines is 1. The van der Waals surface area contributed by atoms with Gasteiger partial charge in [-0.1, -0.05) is 13.8 Å². The Kier molecular flexibility index (Phi) is 6.21. The lowest BCUT2D eigenvalue weighted by molar-refractivity contribution is 0.0519. The maximum Gasteiger partial charge on any atom is 0.360 e. The van der Waals surface area contributed by atoms with Crippen LogP contribution in [0.2, 0.25) is 0 Å². The van der Waals surface area contributed by atoms with Crippen molar-refractivity contribution in [2.24, 2.45) is 0 Å². The van der Waals surface area contributed by atoms with Crippen molar-refractivity contribution in [3.8, 4) is 0 Å². The lowest BCUT2D eigenvalue weighted by Crippen LogP contribution is -2.32. The van der Waals surface area contributed by atoms with Crippen molar-refractivity contribution in [1.82, 2.24) is 4.98 Å². The third-order valence-corrected chi connectivity index (χ3v) is 4.86. The molecule has 0 radical (unpaired) electrons. The molecule has 0 aliphatic heterocycles. The Bertz CT molecular complexity index is 394. The van der Waals surface area contributed by atoms with E-state index in [0.29, 0.717) is 12.6 Å². The van der Waals surface area contributed by atoms with Crippen LogP contribution >= 0.6 is 11.8 Å². The predicted octanol–water partition coefficient (Wildman–Crippen LogP) is 3.19. The van der Waals surface area contributed by atoms with E-state index in [1.54, 1.807) is 6.92 Å². The number of hydrogen-bond donors (Lipinski definition) is 1. The van der Waals surface area contributed by atoms with E-state index in [4.69, 9.17) is 9.15 Å². The van der Waals surface area contributed by atoms with Gasteiger partial charge in [0, 0.05) is 11.3 Å². The van der Waals surface area contributed by atoms with Gasteiger partial charge in [-0.25, -0.2) is 4.79 Å². The van der Waals surface area contributed by atoms with Crippen LogP contribution in [0.5, 0.6) is 0 Å². The first kappa shape index (κ1) is 15.9. The molecule has 1 aromatic rings. The summed E-state index contributed by atoms with van der Waals surface area (Å²) >= 11 is 1.83. The minimum absolute atomic E-state index is 0.165. The van der Waals surface area contributed by atoms with Crippen molar-refractivity contribution in [3.05, 3.63) is 12.0 Å². The van der Waals surface area contributed by atoms with Crippen LogP contribution in [-0.2, 0) is 4.74 Å². The summed E-state index contributed by atoms with van der Waals surface area (Å²) < 4.78 is 10.3. The summed E-state index contributed by atoms with van der Waals surface area (Å²) in [6, 6.07) is 0.364. The van der Waals surface area contributed by atoms with Gasteiger partial charge in [0.25, 0.3) is 6.01 Å². The minimum Gasteiger partial charge on any atom is -0.461 e. The average molecular weight is 286 g/mol. The van der Waals surface area contributed by atoms with E-state index in [0.717, 1.165) is 19.4 Å². The van der Waals surface area contributed by atoms with Gasteiger partial charge in [-0.15, -0.1) is 0 Å². The van der Waals surface area contributed by atoms with Gasteiger partial charge < -0.3 is 14.5 Å². The normalized spacial score (nSPS) is 11.4. The van der Waals surface area contributed by atoms with Crippen molar-refractivity contribution in [2.75, 3.05) is 24.7 Å². The number of carbonyl (C=O) groups excluding carboxylic acids is 1. The van der Waals surface area contributed by atoms with Gasteiger partial charge in [-0.3, -0.25) is 0 Å². The highest BCUT2D eigenvalue weighted by atomic mass is 32.2. The smallest absolute Gasteiger partial charge is 0.360 e. The fourth-order valence-corrected chi connectivity index (χ4v) is 2.55. The van der Waals surface area contributed by atoms with Crippen LogP contribution in [0.1, 0.15) is 44.1 Å². The second kappa shape index (κ2) is 7.43. The predicted molar refractivity (Wildman–Crippen MR) is 77.8 cm³/mol. The van der Waals surface area contributed by atoms with E-state index in [2.05, 4.69) is 30.4 Å². The summed E-state index contributed by atoms with van der Waals surface area (Å²) in [4.78, 5) is 15.5. The molecule has 1 rings (SSSR count). The monoisotopic (exact) mass is 286 g/mol. The van der Waals surface area contributed by atoms with E-state index >= 15 is 0 Å². The fourth-order valence-electron chi connectivity index (χ4n) is 1.75. The average Bonchev–Trinajstić information content (AvgIpc) is 2.90. The van der Waals surface area contributed by atoms with Crippen molar-refractivity contribution < 1.29 is 13.9 Å². The van der Waals surface area contributed by atoms with Crippen LogP contribution in [0.3, 0.4) is 0 Å². The Morgan fingerprint density at radius 1 is 1.47 bits per heavy atom. The van der Waals surface area contributed by atoms with Crippen LogP contribution < -0.4 is 5.32 Å². The first-order valence-corrected chi connectivity index (χ1v) is 7.75. The first-order valence-electron chi connectivity index (χ1n) is 6.52. The molecule has 0 aromatic carbocycles. The Balaban J connectivity index is 2.61. The quantitative estimate of drug-likeness (QED) is 0.740. The molecule has 0 amide bonds. The summed E-state index contributed by atoms with van der Waals surface area (Å²) in [5.41, 5.74) is 0.201. The molecule has 1 heterocycles. The molecule has 0 saturated heterocycles. The first-order chi connectivity index (χ1) is 9.10. The lowest BCUT2D eigenvalue weighted by atomic mass is 10.0. The highest BCUT2D eigenvalue weighted by molar-refractivity contribution is 8.00. The molecule has 1 aromatic heterocycles. The van der Waals surface area contributed by atoms with Crippen molar-refractivity contribution in [3.63, 3.8) is 0 Å². The third kappa shape index (κ3) is 4.16. The maximum absolute atomic E-state index is 11.5. The molecule has 6 heteroatoms. The fraction of sp³-hybridized carbons (Fsp3) is 0.692. The van der Waals surface area contributed by atoms with Crippen LogP contribution in [0, 0.1) is 0 Å². The van der Waals surface area contributed by atoms with Gasteiger partial charge in [0.2, 0.25) is 0 Å². The zero-order valence-electron chi connectivity index (χ0n) is 12.0. The van der Waals surface area contributed by atoms with Gasteiger partial charge in [0.05, 0.1) is 6.61 Å². The molecule has 0 bridgehead atoms. The molecule has 0 atom stereocenters. The molecular formula is C13H22N2O3S. The number of thioether (sulfide) groups is 1. The Labute approximate surface area is 118 Å². The molecule has 1 N–H and O–H groups in total. The van der Waals surface area contributed by atoms with Gasteiger partial charge in [-0.05, 0) is 26.0 Å². The number of rotatable bonds is 8. The van der Waals surface area contributed by atoms with Gasteiger partial charge in [0.1, 0.15) is 6.26 Å². The Morgan fingerprint density at radius 2 is 2.16 bits per heavy atom. The van der Waals surface area contributed by atoms with Crippen LogP contribution in [0.15, 0.2) is 10.7 Å². The summed E-state index contributed by atoms with van der Waals surface area (Å²) in [5.74, 6) is -0.457. The van der Waals surface area contributed by atoms with Crippen molar-refractivity contribution in [2.45, 2.75) is 38.4 Å². The molecule has 0 unspecified atom stereocenters. The zero-order chi connectivity index (χ0) is 14.3. The molecule has 0 fully saturated rings. The molecule has 0 saturated carbocycles. The van der Waals surface area contributed by atoms with Gasteiger partial charge in [0.15, 0.2) is 5.69 Å². The number of ether oxygens (including phenoxy) is 1. The number of esters is 1. The maximum atomic E-state index is 11.5. The molecular weight excluding hydrogens is 264 g/mol. The van der Waals surface area contributed by atoms with E-state index in [1.807, 2.05) is 11.8 Å². The molecule has 108 valence electrons. The zero-order valence-corrected chi connectivity index (χ0v) is 12.8. The third-order valence-electron chi connectivity index (χ3n) is 3.27. The Hall–Kier alpha value is -1.17. The molecule has 0 aliphatic rings. The van der Waals surface area contributed by atoms with Crippen LogP contribution in [0.4, 0.5) is 6.01 Å². The van der Waals surface area contributed by atoms with Gasteiger partial charge >= 0.3 is 5.97 Å². The Morgan fingerprint density at radius 3 is 2.68 bits per heavy atom. The summed E-state index contributed by atoms with van der Waals surface area (Å²) in [7, 11) is 0. The van der Waals surface area contributed by atoms with E-state index in [1.165, 1.54) is 6.26 Å². The second-order valence-electron chi connectivity index (χ2n) is 4.21. The number of nitrogens with zero attached hydrogens (tertiary/aromatic N) is 1. The van der Waals surface area contributed by atoms with Crippen LogP contribution in [-0.4, -0.2) is 35.1 Å². The summed E-state index contributed by atoms with van der Waals surface area (Å²) in [6.07, 6.45) is 5.54. The summed E-state index contributed by atoms with van der Waals surface area (Å²) in [5, 5.41) is 3.15. The van der Waals surface area contributed by atoms with E-state index < -0.39 is 5.97 Å². The minimum atomic E-state index is -0.457. The SMILES string of the molecule is CCOC(=O)c1coc(NCC(CC)(CC)SC)n1. The topological polar surface area (TPSA) is 64.4 Å². The molecule has 19 heavy (non-hydrogen) atoms. The number of nitrogens with one attached hydrogen (secondary N) is 1. The highest BCUT2D eigenvalue weighted by Gasteiger charge is 2.25. The largest absolute Gasteiger partial charge is 0.461 e. The highest BCUT2D eigenvalue weighted by Crippen LogP contribution is 2.30. The summed E-state index contributed by atoms with van der Waals surface area (Å²) in [6.45, 7) is 7.18. The number of oxazole rings is 1. The molecule has 0 spiro atoms. The van der Waals surface area contributed by atoms with E-state index in [9.17, 15) is 4.79 Å². The second-order valence-corrected chi connectivity index (χ2v) is 5.48. The van der Waals surface area contributed by atoms with E-state index in [-0.39, 0.29) is 10.4 Å². The number of aromatic nitrogens is 1. The van der Waals surface area contributed by atoms with Crippen molar-refractivity contribution in [1.29, 1.82) is 0 Å². The number of carbonyl (C=O) groups is 1. The molecule has 0 aliphatic carbocycles. The molecule has 5 nitrogen and oxygen atoms in total. The van der Waals surface area contributed by atoms with Crippen LogP contribution in [0.25, 0.3) is 0 Å². The van der Waals surface area contributed by atoms with Gasteiger partial charge in [-0.2, -0.15) is 16.7 Å². The number of hydrogen-bond acceptors (Lipinski definition) is 6. The standard InChI is InChI=1S/C13H22N2O3S/c1-5-13(6-2,19-4)9-14-12-15-10(8-18-12)11(16)17-7-3/h8H,5-7,9H2,1-4H3,(H,14,15). The lowest BCUT2D eigenvalue weighted by Gasteiger charge is -2.29.